The second-order valence-corrected chi connectivity index (χ2v) is 20.1. The van der Waals surface area contributed by atoms with Gasteiger partial charge in [-0.05, 0) is 84.4 Å². The molecule has 0 aromatic rings. The van der Waals surface area contributed by atoms with Crippen molar-refractivity contribution in [3.05, 3.63) is 28.4 Å². The van der Waals surface area contributed by atoms with Gasteiger partial charge in [-0.3, -0.25) is 62.7 Å². The number of pyridine rings is 1. The number of carbonyl (C=O) groups is 12. The first-order valence-electron chi connectivity index (χ1n) is 26.3. The number of anilines is 2. The van der Waals surface area contributed by atoms with Gasteiger partial charge < -0.3 is 105 Å². The van der Waals surface area contributed by atoms with Crippen molar-refractivity contribution in [3.63, 3.8) is 0 Å². The first kappa shape index (κ1) is 67.9. The van der Waals surface area contributed by atoms with Crippen LogP contribution < -0.4 is 64.7 Å². The number of amides is 9. The van der Waals surface area contributed by atoms with Crippen LogP contribution in [0.15, 0.2) is 23.0 Å². The fourth-order valence-corrected chi connectivity index (χ4v) is 8.78. The van der Waals surface area contributed by atoms with Crippen molar-refractivity contribution >= 4 is 82.6 Å². The molecule has 464 valence electrons. The summed E-state index contributed by atoms with van der Waals surface area (Å²) in [5.41, 5.74) is 10.9. The highest BCUT2D eigenvalue weighted by molar-refractivity contribution is 6.01. The summed E-state index contributed by atoms with van der Waals surface area (Å²) in [6.45, 7) is 2.90. The molecule has 4 aliphatic rings. The molecule has 22 N–H and O–H groups in total. The van der Waals surface area contributed by atoms with Crippen LogP contribution in [0.2, 0.25) is 0 Å². The third kappa shape index (κ3) is 18.4. The highest BCUT2D eigenvalue weighted by Crippen LogP contribution is 2.37. The van der Waals surface area contributed by atoms with E-state index in [0.29, 0.717) is 5.06 Å². The van der Waals surface area contributed by atoms with Crippen molar-refractivity contribution < 1.29 is 104 Å². The highest BCUT2D eigenvalue weighted by Gasteiger charge is 2.42. The Kier molecular flexibility index (Phi) is 24.7. The van der Waals surface area contributed by atoms with E-state index in [-0.39, 0.29) is 93.8 Å². The molecule has 35 heteroatoms. The third-order valence-electron chi connectivity index (χ3n) is 13.4. The van der Waals surface area contributed by atoms with Gasteiger partial charge in [0.15, 0.2) is 11.9 Å². The number of piperidine rings is 1. The number of aliphatic carboxylic acids is 3. The standard InChI is InChI=1S/C49H71N13O22/c1-19(63)34(43(75)55-26-8-6-13-62(84)47(26)79)58-44(76)36(21(3)65)59-46(78)37(38(71)49(82)83)60-45(77)35(20(2)64)57-41(73)24(7-4-5-12-50)54-42(74)28(17-33(69)70)56-40(72)25-11-14-61-29-18-31(67)30(66)16-22(29)15-27(39(61)53-25)52-32(68)10-9-23(51)48(80)81/h15-16,18-21,23-26,28,34-38,53,63-66,71,84H,4-14,17,50-51H2,1-3H3,(H,52,68)(H,54,74)(H,55,75)(H,56,72)(H,57,73)(H,58,76)(H,59,78)(H,60,77)(H,69,70)(H,80,81)(H,82,83)/t19-,20-,21-,23+,24+,25+,26+,28+,34-,35+,36+,37-,38-/m1/s1. The largest absolute Gasteiger partial charge is 0.504 e. The van der Waals surface area contributed by atoms with E-state index in [2.05, 4.69) is 37.2 Å². The first-order chi connectivity index (χ1) is 39.4. The molecule has 1 fully saturated rings. The monoisotopic (exact) mass is 1190 g/mol. The predicted octanol–water partition coefficient (Wildman–Crippen LogP) is -7.43. The zero-order valence-electron chi connectivity index (χ0n) is 45.6. The van der Waals surface area contributed by atoms with Crippen molar-refractivity contribution in [3.8, 4) is 17.0 Å². The lowest BCUT2D eigenvalue weighted by molar-refractivity contribution is -0.173. The SMILES string of the molecule is C[C@@H](O)[C@H](NC(=O)[C@H](CCCCN)NC(=O)[C@H](CC(=O)O)NC(=O)[C@@H]1CCn2c3cc(=O)c(O)cc-3cc(NC(=O)CC[C@H](N)C(=O)O)c2N1)C(=O)N[C@@H](C(=O)N[C@H](C(=O)N[C@@H](C(=O)N[C@H]1CCCN(O)C1=O)[C@@H](C)O)[C@@H](C)O)[C@@H](O)C(=O)O. The lowest BCUT2D eigenvalue weighted by atomic mass is 10.0. The van der Waals surface area contributed by atoms with Gasteiger partial charge in [-0.15, -0.1) is 0 Å². The molecule has 0 spiro atoms. The molecule has 0 bridgehead atoms. The molecule has 9 amide bonds. The maximum Gasteiger partial charge on any atom is 0.335 e. The summed E-state index contributed by atoms with van der Waals surface area (Å²) in [7, 11) is 0. The summed E-state index contributed by atoms with van der Waals surface area (Å²) in [6, 6.07) is -12.9. The Morgan fingerprint density at radius 3 is 1.80 bits per heavy atom. The summed E-state index contributed by atoms with van der Waals surface area (Å²) in [6.07, 6.45) is -9.94. The Labute approximate surface area is 476 Å². The number of nitrogens with one attached hydrogen (secondary N) is 9. The van der Waals surface area contributed by atoms with E-state index in [1.807, 2.05) is 10.6 Å². The second kappa shape index (κ2) is 30.6. The average Bonchev–Trinajstić information content (AvgIpc) is 1.51. The predicted molar refractivity (Wildman–Crippen MR) is 285 cm³/mol. The van der Waals surface area contributed by atoms with E-state index in [1.165, 1.54) is 10.6 Å². The summed E-state index contributed by atoms with van der Waals surface area (Å²) in [4.78, 5) is 169. The van der Waals surface area contributed by atoms with Gasteiger partial charge in [0.2, 0.25) is 52.7 Å². The van der Waals surface area contributed by atoms with Gasteiger partial charge in [0, 0.05) is 31.1 Å². The van der Waals surface area contributed by atoms with Crippen LogP contribution in [0.3, 0.4) is 0 Å². The van der Waals surface area contributed by atoms with Crippen LogP contribution in [0.25, 0.3) is 11.3 Å². The molecule has 1 aliphatic carbocycles. The number of hydrogen-bond donors (Lipinski definition) is 20. The minimum atomic E-state index is -2.86. The van der Waals surface area contributed by atoms with Gasteiger partial charge in [-0.1, -0.05) is 0 Å². The molecular weight excluding hydrogens is 1120 g/mol. The molecule has 3 heterocycles. The summed E-state index contributed by atoms with van der Waals surface area (Å²) in [5, 5.41) is 112. The Hall–Kier alpha value is -8.61. The second-order valence-electron chi connectivity index (χ2n) is 20.1. The van der Waals surface area contributed by atoms with Crippen LogP contribution in [-0.2, 0) is 64.1 Å². The van der Waals surface area contributed by atoms with E-state index in [4.69, 9.17) is 16.6 Å². The maximum atomic E-state index is 14.0. The van der Waals surface area contributed by atoms with Crippen molar-refractivity contribution in [1.82, 2.24) is 46.8 Å². The van der Waals surface area contributed by atoms with Crippen LogP contribution in [0.1, 0.15) is 78.6 Å². The molecule has 0 aromatic heterocycles. The number of carboxylic acid groups (broad SMARTS) is 3. The number of carboxylic acids is 3. The van der Waals surface area contributed by atoms with Crippen molar-refractivity contribution in [2.45, 2.75) is 164 Å². The van der Waals surface area contributed by atoms with Gasteiger partial charge in [-0.2, -0.15) is 0 Å². The number of nitrogens with two attached hydrogens (primary N) is 2. The molecule has 4 rings (SSSR count). The molecule has 3 aliphatic heterocycles. The normalized spacial score (nSPS) is 18.8. The van der Waals surface area contributed by atoms with E-state index < -0.39 is 167 Å². The number of hydrogen-bond acceptors (Lipinski definition) is 22. The number of nitrogens with zero attached hydrogens (tertiary/aromatic N) is 2. The van der Waals surface area contributed by atoms with Crippen LogP contribution in [0, 0.1) is 0 Å². The van der Waals surface area contributed by atoms with Gasteiger partial charge >= 0.3 is 17.9 Å². The number of rotatable bonds is 30. The number of benzene rings is 1. The lowest BCUT2D eigenvalue weighted by Crippen LogP contribution is -2.66. The number of fused-ring (bicyclic) bond motifs is 3. The van der Waals surface area contributed by atoms with Crippen molar-refractivity contribution in [2.24, 2.45) is 11.5 Å². The summed E-state index contributed by atoms with van der Waals surface area (Å²) < 4.78 is 1.49. The molecule has 0 aromatic carbocycles. The lowest BCUT2D eigenvalue weighted by Gasteiger charge is -2.33. The molecule has 0 radical (unpaired) electrons. The van der Waals surface area contributed by atoms with E-state index in [1.54, 1.807) is 0 Å². The fraction of sp³-hybridized carbons (Fsp3) is 0.571. The first-order valence-corrected chi connectivity index (χ1v) is 26.3. The zero-order valence-corrected chi connectivity index (χ0v) is 45.6. The number of aromatic hydroxyl groups is 1. The van der Waals surface area contributed by atoms with Crippen LogP contribution >= 0.6 is 0 Å². The number of phenols is 1. The topological polar surface area (TPSA) is 572 Å². The Balaban J connectivity index is 1.54. The molecule has 0 unspecified atom stereocenters. The minimum Gasteiger partial charge on any atom is -0.504 e. The van der Waals surface area contributed by atoms with Gasteiger partial charge in [0.1, 0.15) is 60.2 Å². The number of aromatic nitrogens is 1. The van der Waals surface area contributed by atoms with E-state index in [9.17, 15) is 103 Å². The number of carbonyl (C=O) groups excluding carboxylic acids is 9. The van der Waals surface area contributed by atoms with Crippen LogP contribution in [-0.4, -0.2) is 219 Å². The van der Waals surface area contributed by atoms with Gasteiger partial charge in [-0.25, -0.2) is 9.86 Å². The Morgan fingerprint density at radius 1 is 0.679 bits per heavy atom. The number of aliphatic hydroxyl groups is 4. The van der Waals surface area contributed by atoms with E-state index >= 15 is 0 Å². The quantitative estimate of drug-likeness (QED) is 0.0255. The van der Waals surface area contributed by atoms with E-state index in [0.717, 1.165) is 32.9 Å². The molecule has 84 heavy (non-hydrogen) atoms. The molecule has 1 saturated heterocycles. The zero-order chi connectivity index (χ0) is 63.0. The van der Waals surface area contributed by atoms with Gasteiger partial charge in [0.25, 0.3) is 5.91 Å². The van der Waals surface area contributed by atoms with Crippen LogP contribution in [0.5, 0.6) is 5.75 Å². The smallest absolute Gasteiger partial charge is 0.335 e. The van der Waals surface area contributed by atoms with Crippen LogP contribution in [0.4, 0.5) is 11.5 Å². The number of aliphatic hydroxyl groups excluding tert-OH is 4. The average molecular weight is 1190 g/mol. The minimum absolute atomic E-state index is 0.0147. The highest BCUT2D eigenvalue weighted by atomic mass is 16.5. The number of phenolic OH excluding ortho intramolecular Hbond substituents is 1. The van der Waals surface area contributed by atoms with Gasteiger partial charge in [0.05, 0.1) is 36.1 Å². The fourth-order valence-electron chi connectivity index (χ4n) is 8.78. The summed E-state index contributed by atoms with van der Waals surface area (Å²) >= 11 is 0. The van der Waals surface area contributed by atoms with Crippen molar-refractivity contribution in [1.29, 1.82) is 0 Å². The Morgan fingerprint density at radius 2 is 1.24 bits per heavy atom. The number of unbranched alkanes of at least 4 members (excludes halogenated alkanes) is 1. The molecule has 0 saturated carbocycles. The molecular formula is C49H71N13O22. The third-order valence-corrected chi connectivity index (χ3v) is 13.4. The Bertz CT molecular complexity index is 2830. The number of hydroxylamine groups is 2. The molecule has 13 atom stereocenters. The maximum absolute atomic E-state index is 14.0. The molecule has 35 nitrogen and oxygen atoms in total. The van der Waals surface area contributed by atoms with Crippen molar-refractivity contribution in [2.75, 3.05) is 23.7 Å². The summed E-state index contributed by atoms with van der Waals surface area (Å²) in [5.74, 6) is -16.7.